The lowest BCUT2D eigenvalue weighted by atomic mass is 9.97. The number of unbranched alkanes of at least 4 members (excludes halogenated alkanes) is 12. The predicted octanol–water partition coefficient (Wildman–Crippen LogP) is 4.54. The van der Waals surface area contributed by atoms with Crippen molar-refractivity contribution >= 4 is 5.91 Å². The monoisotopic (exact) mass is 856 g/mol. The Labute approximate surface area is 359 Å². The molecular formula is C46H81NO13. The van der Waals surface area contributed by atoms with E-state index in [1.807, 2.05) is 12.2 Å². The van der Waals surface area contributed by atoms with E-state index in [1.54, 1.807) is 0 Å². The average Bonchev–Trinajstić information content (AvgIpc) is 3.24. The van der Waals surface area contributed by atoms with Crippen LogP contribution in [0.2, 0.25) is 0 Å². The smallest absolute Gasteiger partial charge is 0.220 e. The first-order valence-electron chi connectivity index (χ1n) is 22.9. The Morgan fingerprint density at radius 1 is 0.617 bits per heavy atom. The fourth-order valence-electron chi connectivity index (χ4n) is 7.30. The average molecular weight is 856 g/mol. The maximum Gasteiger partial charge on any atom is 0.220 e. The zero-order valence-corrected chi connectivity index (χ0v) is 36.4. The summed E-state index contributed by atoms with van der Waals surface area (Å²) in [5, 5.41) is 86.5. The van der Waals surface area contributed by atoms with E-state index in [1.165, 1.54) is 57.8 Å². The van der Waals surface area contributed by atoms with Gasteiger partial charge in [0.25, 0.3) is 0 Å². The van der Waals surface area contributed by atoms with Crippen LogP contribution >= 0.6 is 0 Å². The highest BCUT2D eigenvalue weighted by Gasteiger charge is 2.51. The van der Waals surface area contributed by atoms with E-state index in [0.29, 0.717) is 12.8 Å². The molecule has 14 heteroatoms. The maximum absolute atomic E-state index is 13.1. The van der Waals surface area contributed by atoms with Crippen molar-refractivity contribution in [3.63, 3.8) is 0 Å². The fraction of sp³-hybridized carbons (Fsp3) is 0.804. The molecule has 12 unspecified atom stereocenters. The van der Waals surface area contributed by atoms with Crippen LogP contribution in [-0.2, 0) is 23.7 Å². The highest BCUT2D eigenvalue weighted by atomic mass is 16.7. The summed E-state index contributed by atoms with van der Waals surface area (Å²) in [7, 11) is 0. The molecule has 2 aliphatic rings. The molecule has 2 heterocycles. The zero-order valence-electron chi connectivity index (χ0n) is 36.4. The molecule has 2 saturated heterocycles. The van der Waals surface area contributed by atoms with Crippen LogP contribution in [0.5, 0.6) is 0 Å². The van der Waals surface area contributed by atoms with Gasteiger partial charge in [-0.2, -0.15) is 0 Å². The van der Waals surface area contributed by atoms with Gasteiger partial charge in [-0.05, 0) is 38.5 Å². The molecule has 2 rings (SSSR count). The summed E-state index contributed by atoms with van der Waals surface area (Å²) < 4.78 is 22.6. The molecule has 12 atom stereocenters. The normalized spacial score (nSPS) is 28.7. The molecule has 0 bridgehead atoms. The number of carbonyl (C=O) groups excluding carboxylic acids is 1. The van der Waals surface area contributed by atoms with Crippen LogP contribution in [0.3, 0.4) is 0 Å². The van der Waals surface area contributed by atoms with Crippen LogP contribution in [0.25, 0.3) is 0 Å². The molecule has 0 saturated carbocycles. The molecule has 0 aromatic rings. The summed E-state index contributed by atoms with van der Waals surface area (Å²) in [6.07, 6.45) is 20.0. The molecule has 9 N–H and O–H groups in total. The zero-order chi connectivity index (χ0) is 44.0. The van der Waals surface area contributed by atoms with Crippen LogP contribution in [0.1, 0.15) is 142 Å². The fourth-order valence-corrected chi connectivity index (χ4v) is 7.30. The van der Waals surface area contributed by atoms with Crippen molar-refractivity contribution in [2.45, 2.75) is 216 Å². The minimum absolute atomic E-state index is 0.182. The summed E-state index contributed by atoms with van der Waals surface area (Å²) in [6, 6.07) is -0.865. The lowest BCUT2D eigenvalue weighted by Gasteiger charge is -2.46. The highest BCUT2D eigenvalue weighted by molar-refractivity contribution is 5.76. The van der Waals surface area contributed by atoms with Gasteiger partial charge in [-0.25, -0.2) is 0 Å². The molecule has 0 spiro atoms. The topological polar surface area (TPSA) is 228 Å². The SMILES string of the molecule is CC/C=C\C/C=C\C/C=C\C/C=C\CCC(=O)NC(COC1OC(CO)C(OC2OC(CO)C(O)C(O)C2O)C(O)C1O)C(O)CCCCCCCCCCCCCCC. The highest BCUT2D eigenvalue weighted by Crippen LogP contribution is 2.30. The number of aliphatic hydroxyl groups is 8. The van der Waals surface area contributed by atoms with E-state index in [-0.39, 0.29) is 18.9 Å². The molecule has 0 radical (unpaired) electrons. The van der Waals surface area contributed by atoms with Gasteiger partial charge in [0, 0.05) is 6.42 Å². The van der Waals surface area contributed by atoms with Gasteiger partial charge in [-0.1, -0.05) is 146 Å². The van der Waals surface area contributed by atoms with Crippen molar-refractivity contribution in [3.05, 3.63) is 48.6 Å². The van der Waals surface area contributed by atoms with Crippen molar-refractivity contribution in [2.75, 3.05) is 19.8 Å². The van der Waals surface area contributed by atoms with E-state index >= 15 is 0 Å². The third kappa shape index (κ3) is 21.4. The van der Waals surface area contributed by atoms with Gasteiger partial charge in [-0.15, -0.1) is 0 Å². The number of hydrogen-bond donors (Lipinski definition) is 9. The molecule has 2 aliphatic heterocycles. The second-order valence-electron chi connectivity index (χ2n) is 16.2. The van der Waals surface area contributed by atoms with Crippen molar-refractivity contribution in [2.24, 2.45) is 0 Å². The Morgan fingerprint density at radius 3 is 1.67 bits per heavy atom. The Hall–Kier alpha value is -2.05. The van der Waals surface area contributed by atoms with Gasteiger partial charge >= 0.3 is 0 Å². The third-order valence-corrected chi connectivity index (χ3v) is 11.1. The lowest BCUT2D eigenvalue weighted by molar-refractivity contribution is -0.359. The second kappa shape index (κ2) is 33.5. The van der Waals surface area contributed by atoms with Gasteiger partial charge in [0.1, 0.15) is 48.8 Å². The minimum atomic E-state index is -1.79. The molecule has 0 aromatic carbocycles. The van der Waals surface area contributed by atoms with Crippen molar-refractivity contribution in [1.82, 2.24) is 5.32 Å². The van der Waals surface area contributed by atoms with Crippen LogP contribution in [0, 0.1) is 0 Å². The molecular weight excluding hydrogens is 774 g/mol. The van der Waals surface area contributed by atoms with Gasteiger partial charge in [0.05, 0.1) is 32.0 Å². The molecule has 2 fully saturated rings. The first-order valence-corrected chi connectivity index (χ1v) is 22.9. The number of nitrogens with one attached hydrogen (secondary N) is 1. The first kappa shape index (κ1) is 54.1. The molecule has 348 valence electrons. The summed E-state index contributed by atoms with van der Waals surface area (Å²) in [4.78, 5) is 13.1. The number of rotatable bonds is 33. The van der Waals surface area contributed by atoms with Gasteiger partial charge in [-0.3, -0.25) is 4.79 Å². The van der Waals surface area contributed by atoms with Crippen molar-refractivity contribution in [3.8, 4) is 0 Å². The molecule has 60 heavy (non-hydrogen) atoms. The number of amides is 1. The summed E-state index contributed by atoms with van der Waals surface area (Å²) >= 11 is 0. The van der Waals surface area contributed by atoms with E-state index < -0.39 is 86.8 Å². The Morgan fingerprint density at radius 2 is 1.12 bits per heavy atom. The van der Waals surface area contributed by atoms with Crippen LogP contribution < -0.4 is 5.32 Å². The maximum atomic E-state index is 13.1. The molecule has 14 nitrogen and oxygen atoms in total. The van der Waals surface area contributed by atoms with Gasteiger partial charge in [0.15, 0.2) is 12.6 Å². The largest absolute Gasteiger partial charge is 0.394 e. The van der Waals surface area contributed by atoms with Crippen molar-refractivity contribution in [1.29, 1.82) is 0 Å². The Bertz CT molecular complexity index is 1200. The summed E-state index contributed by atoms with van der Waals surface area (Å²) in [6.45, 7) is 2.64. The van der Waals surface area contributed by atoms with Crippen LogP contribution in [0.4, 0.5) is 0 Å². The number of allylic oxidation sites excluding steroid dienone is 8. The van der Waals surface area contributed by atoms with E-state index in [9.17, 15) is 45.6 Å². The van der Waals surface area contributed by atoms with Gasteiger partial charge < -0.3 is 65.1 Å². The van der Waals surface area contributed by atoms with E-state index in [0.717, 1.165) is 51.4 Å². The third-order valence-electron chi connectivity index (χ3n) is 11.1. The number of ether oxygens (including phenoxy) is 4. The number of aliphatic hydroxyl groups excluding tert-OH is 8. The Balaban J connectivity index is 1.92. The molecule has 0 aromatic heterocycles. The standard InChI is InChI=1S/C46H81NO13/c1-3-5-7-9-11-13-15-17-19-21-23-25-27-29-35(50)34(47-38(51)30-28-26-24-22-20-18-16-14-12-10-8-6-4-2)33-57-45-43(56)41(54)44(37(32-49)59-45)60-46-42(55)40(53)39(52)36(31-48)58-46/h6,8,12,14,18,20,24,26,34-37,39-46,48-50,52-56H,3-5,7,9-11,13,15-17,19,21-23,25,27-33H2,1-2H3,(H,47,51)/b8-6-,14-12-,20-18-,26-24-. The molecule has 1 amide bonds. The van der Waals surface area contributed by atoms with Crippen LogP contribution in [-0.4, -0.2) is 140 Å². The first-order chi connectivity index (χ1) is 29.1. The Kier molecular flexibility index (Phi) is 30.2. The number of carbonyl (C=O) groups is 1. The summed E-state index contributed by atoms with van der Waals surface area (Å²) in [5.41, 5.74) is 0. The summed E-state index contributed by atoms with van der Waals surface area (Å²) in [5.74, 6) is -0.290. The van der Waals surface area contributed by atoms with Crippen molar-refractivity contribution < 1.29 is 64.6 Å². The second-order valence-corrected chi connectivity index (χ2v) is 16.2. The van der Waals surface area contributed by atoms with E-state index in [2.05, 4.69) is 55.6 Å². The quantitative estimate of drug-likeness (QED) is 0.0327. The minimum Gasteiger partial charge on any atom is -0.394 e. The van der Waals surface area contributed by atoms with E-state index in [4.69, 9.17) is 18.9 Å². The predicted molar refractivity (Wildman–Crippen MR) is 231 cm³/mol. The lowest BCUT2D eigenvalue weighted by Crippen LogP contribution is -2.65. The number of hydrogen-bond acceptors (Lipinski definition) is 13. The van der Waals surface area contributed by atoms with Crippen LogP contribution in [0.15, 0.2) is 48.6 Å². The van der Waals surface area contributed by atoms with Gasteiger partial charge in [0.2, 0.25) is 5.91 Å². The molecule has 0 aliphatic carbocycles.